The zero-order chi connectivity index (χ0) is 9.78. The van der Waals surface area contributed by atoms with Crippen molar-refractivity contribution < 1.29 is 0 Å². The Kier molecular flexibility index (Phi) is 21.4. The van der Waals surface area contributed by atoms with Crippen LogP contribution in [0.3, 0.4) is 0 Å². The quantitative estimate of drug-likeness (QED) is 0.298. The van der Waals surface area contributed by atoms with E-state index in [0.717, 1.165) is 0 Å². The van der Waals surface area contributed by atoms with Crippen LogP contribution in [0.4, 0.5) is 0 Å². The second-order valence-electron chi connectivity index (χ2n) is 3.97. The molecule has 0 fully saturated rings. The van der Waals surface area contributed by atoms with Gasteiger partial charge in [0.05, 0.1) is 0 Å². The summed E-state index contributed by atoms with van der Waals surface area (Å²) in [7, 11) is 2.81. The van der Waals surface area contributed by atoms with E-state index in [4.69, 9.17) is 0 Å². The number of hydrogen-bond donors (Lipinski definition) is 0. The number of hydrogen-bond acceptors (Lipinski definition) is 0. The molecule has 0 aliphatic carbocycles. The molecule has 0 aromatic heterocycles. The molecule has 2 heteroatoms. The van der Waals surface area contributed by atoms with Crippen LogP contribution in [-0.4, -0.2) is 35.7 Å². The van der Waals surface area contributed by atoms with Crippen molar-refractivity contribution in [1.82, 2.24) is 0 Å². The van der Waals surface area contributed by atoms with Gasteiger partial charge >= 0.3 is 29.6 Å². The van der Waals surface area contributed by atoms with Gasteiger partial charge in [-0.2, -0.15) is 0 Å². The monoisotopic (exact) mass is 226 g/mol. The fourth-order valence-electron chi connectivity index (χ4n) is 1.63. The maximum atomic E-state index is 2.81. The molecule has 0 rings (SSSR count). The first-order valence-electron chi connectivity index (χ1n) is 6.12. The minimum absolute atomic E-state index is 0. The second kappa shape index (κ2) is 16.8. The van der Waals surface area contributed by atoms with E-state index in [1.165, 1.54) is 70.4 Å². The molecule has 0 heterocycles. The van der Waals surface area contributed by atoms with Crippen molar-refractivity contribution in [3.8, 4) is 0 Å². The average molecular weight is 226 g/mol. The Balaban J connectivity index is 0. The molecule has 0 nitrogen and oxygen atoms in total. The Labute approximate surface area is 115 Å². The van der Waals surface area contributed by atoms with Gasteiger partial charge in [-0.15, -0.1) is 9.24 Å². The molecule has 0 N–H and O–H groups in total. The number of rotatable bonds is 10. The summed E-state index contributed by atoms with van der Waals surface area (Å²) in [6.07, 6.45) is 15.7. The molecular weight excluding hydrogens is 198 g/mol. The fraction of sp³-hybridized carbons (Fsp3) is 1.00. The Morgan fingerprint density at radius 2 is 1.00 bits per heavy atom. The fourth-order valence-corrected chi connectivity index (χ4v) is 1.92. The Bertz CT molecular complexity index is 76.4. The van der Waals surface area contributed by atoms with Crippen molar-refractivity contribution in [2.45, 2.75) is 71.1 Å². The predicted molar refractivity (Wildman–Crippen MR) is 73.6 cm³/mol. The summed E-state index contributed by atoms with van der Waals surface area (Å²) in [6.45, 7) is 2.28. The Hall–Kier alpha value is 1.43. The van der Waals surface area contributed by atoms with E-state index in [2.05, 4.69) is 16.2 Å². The molecule has 0 spiro atoms. The molecule has 82 valence electrons. The molecule has 0 saturated carbocycles. The molecule has 0 aliphatic heterocycles. The van der Waals surface area contributed by atoms with Crippen molar-refractivity contribution in [3.05, 3.63) is 0 Å². The summed E-state index contributed by atoms with van der Waals surface area (Å²) in [4.78, 5) is 0. The first-order valence-corrected chi connectivity index (χ1v) is 6.93. The molecule has 0 aromatic carbocycles. The number of unbranched alkanes of at least 4 members (excludes halogenated alkanes) is 9. The summed E-state index contributed by atoms with van der Waals surface area (Å²) in [5, 5.41) is 0. The van der Waals surface area contributed by atoms with Gasteiger partial charge in [-0.05, 0) is 12.6 Å². The molecule has 0 radical (unpaired) electrons. The molecule has 0 aromatic rings. The van der Waals surface area contributed by atoms with E-state index in [9.17, 15) is 0 Å². The standard InChI is InChI=1S/C12H27P.Na.H/c1-2-3-4-5-6-7-8-9-10-11-12-13;;/h2-13H2,1H3;;. The summed E-state index contributed by atoms with van der Waals surface area (Å²) < 4.78 is 0. The van der Waals surface area contributed by atoms with Gasteiger partial charge in [-0.3, -0.25) is 0 Å². The first-order chi connectivity index (χ1) is 6.41. The first kappa shape index (κ1) is 17.8. The molecule has 0 bridgehead atoms. The van der Waals surface area contributed by atoms with Gasteiger partial charge in [0.15, 0.2) is 0 Å². The third-order valence-corrected chi connectivity index (χ3v) is 2.97. The molecule has 1 atom stereocenters. The van der Waals surface area contributed by atoms with Gasteiger partial charge < -0.3 is 0 Å². The van der Waals surface area contributed by atoms with Gasteiger partial charge in [0, 0.05) is 0 Å². The zero-order valence-corrected chi connectivity index (χ0v) is 10.5. The summed E-state index contributed by atoms with van der Waals surface area (Å²) >= 11 is 0. The SMILES string of the molecule is CCCCCCCCCCCCP.[NaH]. The van der Waals surface area contributed by atoms with Crippen LogP contribution in [0, 0.1) is 0 Å². The van der Waals surface area contributed by atoms with E-state index in [1.807, 2.05) is 0 Å². The van der Waals surface area contributed by atoms with E-state index in [1.54, 1.807) is 0 Å². The van der Waals surface area contributed by atoms with Crippen molar-refractivity contribution in [1.29, 1.82) is 0 Å². The van der Waals surface area contributed by atoms with Gasteiger partial charge in [0.25, 0.3) is 0 Å². The van der Waals surface area contributed by atoms with Crippen molar-refractivity contribution in [2.75, 3.05) is 6.16 Å². The minimum atomic E-state index is 0. The van der Waals surface area contributed by atoms with Crippen LogP contribution in [0.5, 0.6) is 0 Å². The van der Waals surface area contributed by atoms with Crippen LogP contribution >= 0.6 is 9.24 Å². The molecule has 0 amide bonds. The van der Waals surface area contributed by atoms with E-state index in [-0.39, 0.29) is 29.6 Å². The van der Waals surface area contributed by atoms with Crippen molar-refractivity contribution in [2.24, 2.45) is 0 Å². The second-order valence-corrected chi connectivity index (χ2v) is 4.55. The van der Waals surface area contributed by atoms with Crippen LogP contribution < -0.4 is 0 Å². The summed E-state index contributed by atoms with van der Waals surface area (Å²) in [5.74, 6) is 0. The molecular formula is C12H28NaP. The third kappa shape index (κ3) is 15.9. The van der Waals surface area contributed by atoms with Crippen molar-refractivity contribution >= 4 is 38.8 Å². The van der Waals surface area contributed by atoms with E-state index in [0.29, 0.717) is 0 Å². The van der Waals surface area contributed by atoms with Crippen LogP contribution in [-0.2, 0) is 0 Å². The zero-order valence-electron chi connectivity index (χ0n) is 9.36. The predicted octanol–water partition coefficient (Wildman–Crippen LogP) is 4.13. The molecule has 14 heavy (non-hydrogen) atoms. The van der Waals surface area contributed by atoms with Crippen LogP contribution in [0.25, 0.3) is 0 Å². The Morgan fingerprint density at radius 1 is 0.643 bits per heavy atom. The maximum absolute atomic E-state index is 2.81. The van der Waals surface area contributed by atoms with Crippen LogP contribution in [0.1, 0.15) is 71.1 Å². The average Bonchev–Trinajstić information content (AvgIpc) is 2.16. The van der Waals surface area contributed by atoms with Gasteiger partial charge in [0.1, 0.15) is 0 Å². The summed E-state index contributed by atoms with van der Waals surface area (Å²) in [6, 6.07) is 0. The molecule has 0 aliphatic rings. The van der Waals surface area contributed by atoms with Gasteiger partial charge in [-0.25, -0.2) is 0 Å². The topological polar surface area (TPSA) is 0 Å². The molecule has 0 saturated heterocycles. The van der Waals surface area contributed by atoms with E-state index < -0.39 is 0 Å². The van der Waals surface area contributed by atoms with Gasteiger partial charge in [-0.1, -0.05) is 64.7 Å². The van der Waals surface area contributed by atoms with Crippen LogP contribution in [0.2, 0.25) is 0 Å². The van der Waals surface area contributed by atoms with E-state index >= 15 is 0 Å². The molecule has 1 unspecified atom stereocenters. The summed E-state index contributed by atoms with van der Waals surface area (Å²) in [5.41, 5.74) is 0. The Morgan fingerprint density at radius 3 is 1.36 bits per heavy atom. The normalized spacial score (nSPS) is 9.86. The van der Waals surface area contributed by atoms with Gasteiger partial charge in [0.2, 0.25) is 0 Å². The van der Waals surface area contributed by atoms with Crippen molar-refractivity contribution in [3.63, 3.8) is 0 Å². The third-order valence-electron chi connectivity index (χ3n) is 2.56. The van der Waals surface area contributed by atoms with Crippen LogP contribution in [0.15, 0.2) is 0 Å².